The topological polar surface area (TPSA) is 83.8 Å². The fraction of sp³-hybridized carbons (Fsp3) is 0.0588. The first-order valence-electron chi connectivity index (χ1n) is 7.32. The largest absolute Gasteiger partial charge is 0.310 e. The number of nitrogens with one attached hydrogen (secondary N) is 1. The first-order chi connectivity index (χ1) is 11.6. The van der Waals surface area contributed by atoms with Crippen LogP contribution in [0.15, 0.2) is 54.9 Å². The van der Waals surface area contributed by atoms with E-state index in [0.29, 0.717) is 22.6 Å². The Bertz CT molecular complexity index is 957. The number of amides is 3. The number of imidazole rings is 1. The fourth-order valence-corrected chi connectivity index (χ4v) is 2.76. The molecule has 1 aliphatic heterocycles. The number of carbonyl (C=O) groups is 3. The van der Waals surface area contributed by atoms with E-state index in [1.54, 1.807) is 59.3 Å². The predicted molar refractivity (Wildman–Crippen MR) is 85.6 cm³/mol. The Kier molecular flexibility index (Phi) is 3.13. The van der Waals surface area contributed by atoms with Crippen LogP contribution >= 0.6 is 0 Å². The molecule has 3 amide bonds. The first kappa shape index (κ1) is 14.1. The second-order valence-electron chi connectivity index (χ2n) is 5.36. The molecule has 0 aliphatic carbocycles. The van der Waals surface area contributed by atoms with Gasteiger partial charge in [-0.15, -0.1) is 0 Å². The minimum Gasteiger partial charge on any atom is -0.310 e. The smallest absolute Gasteiger partial charge is 0.262 e. The first-order valence-corrected chi connectivity index (χ1v) is 7.32. The standard InChI is InChI=1S/C17H12N4O3/c22-15(19-14-7-3-6-13-18-8-9-20(13)14)10-21-16(23)11-4-1-2-5-12(11)17(21)24/h1-9H,10H2,(H,19,22). The van der Waals surface area contributed by atoms with Crippen molar-refractivity contribution in [1.82, 2.24) is 14.3 Å². The van der Waals surface area contributed by atoms with Crippen LogP contribution in [-0.2, 0) is 4.79 Å². The molecule has 0 saturated heterocycles. The number of benzene rings is 1. The van der Waals surface area contributed by atoms with E-state index in [-0.39, 0.29) is 6.54 Å². The minimum atomic E-state index is -0.453. The number of rotatable bonds is 3. The van der Waals surface area contributed by atoms with E-state index in [1.165, 1.54) is 0 Å². The van der Waals surface area contributed by atoms with Crippen molar-refractivity contribution in [2.24, 2.45) is 0 Å². The van der Waals surface area contributed by atoms with Crippen LogP contribution in [0.3, 0.4) is 0 Å². The Hall–Kier alpha value is -3.48. The van der Waals surface area contributed by atoms with Crippen molar-refractivity contribution in [3.63, 3.8) is 0 Å². The second-order valence-corrected chi connectivity index (χ2v) is 5.36. The van der Waals surface area contributed by atoms with Gasteiger partial charge in [0.15, 0.2) is 0 Å². The average Bonchev–Trinajstić information content (AvgIpc) is 3.16. The molecule has 0 fully saturated rings. The summed E-state index contributed by atoms with van der Waals surface area (Å²) in [5, 5.41) is 2.70. The maximum absolute atomic E-state index is 12.3. The Morgan fingerprint density at radius 3 is 2.42 bits per heavy atom. The molecule has 3 aromatic rings. The highest BCUT2D eigenvalue weighted by atomic mass is 16.2. The molecule has 0 bridgehead atoms. The van der Waals surface area contributed by atoms with Crippen LogP contribution in [0.1, 0.15) is 20.7 Å². The molecule has 2 aromatic heterocycles. The highest BCUT2D eigenvalue weighted by Gasteiger charge is 2.36. The van der Waals surface area contributed by atoms with Gasteiger partial charge in [-0.2, -0.15) is 0 Å². The molecule has 7 heteroatoms. The number of hydrogen-bond acceptors (Lipinski definition) is 4. The monoisotopic (exact) mass is 320 g/mol. The molecule has 1 aromatic carbocycles. The summed E-state index contributed by atoms with van der Waals surface area (Å²) >= 11 is 0. The Labute approximate surface area is 136 Å². The number of carbonyl (C=O) groups excluding carboxylic acids is 3. The number of aromatic nitrogens is 2. The molecule has 0 radical (unpaired) electrons. The zero-order chi connectivity index (χ0) is 16.7. The van der Waals surface area contributed by atoms with Gasteiger partial charge in [0.25, 0.3) is 11.8 Å². The average molecular weight is 320 g/mol. The maximum Gasteiger partial charge on any atom is 0.262 e. The minimum absolute atomic E-state index is 0.326. The van der Waals surface area contributed by atoms with E-state index < -0.39 is 17.7 Å². The van der Waals surface area contributed by atoms with Crippen LogP contribution in [0, 0.1) is 0 Å². The number of hydrogen-bond donors (Lipinski definition) is 1. The van der Waals surface area contributed by atoms with E-state index in [4.69, 9.17) is 0 Å². The van der Waals surface area contributed by atoms with Crippen LogP contribution in [-0.4, -0.2) is 38.6 Å². The summed E-state index contributed by atoms with van der Waals surface area (Å²) in [6.45, 7) is -0.336. The van der Waals surface area contributed by atoms with Crippen LogP contribution in [0.5, 0.6) is 0 Å². The molecule has 0 spiro atoms. The van der Waals surface area contributed by atoms with Gasteiger partial charge in [0, 0.05) is 12.4 Å². The Balaban J connectivity index is 1.54. The molecule has 3 heterocycles. The van der Waals surface area contributed by atoms with Crippen molar-refractivity contribution in [1.29, 1.82) is 0 Å². The lowest BCUT2D eigenvalue weighted by atomic mass is 10.1. The van der Waals surface area contributed by atoms with Gasteiger partial charge in [0.1, 0.15) is 18.0 Å². The van der Waals surface area contributed by atoms with Crippen LogP contribution in [0.4, 0.5) is 5.82 Å². The molecule has 118 valence electrons. The van der Waals surface area contributed by atoms with Crippen LogP contribution in [0.2, 0.25) is 0 Å². The molecule has 0 atom stereocenters. The van der Waals surface area contributed by atoms with Gasteiger partial charge in [0.05, 0.1) is 11.1 Å². The van der Waals surface area contributed by atoms with E-state index in [0.717, 1.165) is 4.90 Å². The lowest BCUT2D eigenvalue weighted by Crippen LogP contribution is -2.37. The quantitative estimate of drug-likeness (QED) is 0.743. The molecule has 24 heavy (non-hydrogen) atoms. The van der Waals surface area contributed by atoms with Gasteiger partial charge in [-0.05, 0) is 24.3 Å². The van der Waals surface area contributed by atoms with Crippen molar-refractivity contribution in [2.45, 2.75) is 0 Å². The van der Waals surface area contributed by atoms with Crippen molar-refractivity contribution in [2.75, 3.05) is 11.9 Å². The number of nitrogens with zero attached hydrogens (tertiary/aromatic N) is 3. The van der Waals surface area contributed by atoms with E-state index in [1.807, 2.05) is 0 Å². The highest BCUT2D eigenvalue weighted by molar-refractivity contribution is 6.22. The SMILES string of the molecule is O=C(CN1C(=O)c2ccccc2C1=O)Nc1cccc2nccn12. The Morgan fingerprint density at radius 2 is 1.71 bits per heavy atom. The molecule has 7 nitrogen and oxygen atoms in total. The summed E-state index contributed by atoms with van der Waals surface area (Å²) in [6.07, 6.45) is 3.34. The molecular weight excluding hydrogens is 308 g/mol. The van der Waals surface area contributed by atoms with Gasteiger partial charge >= 0.3 is 0 Å². The second kappa shape index (κ2) is 5.31. The molecular formula is C17H12N4O3. The van der Waals surface area contributed by atoms with E-state index in [2.05, 4.69) is 10.3 Å². The van der Waals surface area contributed by atoms with Crippen molar-refractivity contribution in [3.05, 3.63) is 66.0 Å². The summed E-state index contributed by atoms with van der Waals surface area (Å²) in [7, 11) is 0. The van der Waals surface area contributed by atoms with E-state index >= 15 is 0 Å². The number of anilines is 1. The Morgan fingerprint density at radius 1 is 1.00 bits per heavy atom. The molecule has 0 saturated carbocycles. The number of pyridine rings is 1. The maximum atomic E-state index is 12.3. The summed E-state index contributed by atoms with van der Waals surface area (Å²) < 4.78 is 1.71. The molecule has 0 unspecified atom stereocenters. The van der Waals surface area contributed by atoms with Crippen LogP contribution < -0.4 is 5.32 Å². The summed E-state index contributed by atoms with van der Waals surface area (Å²) in [6, 6.07) is 11.8. The zero-order valence-electron chi connectivity index (χ0n) is 12.5. The molecule has 1 aliphatic rings. The van der Waals surface area contributed by atoms with E-state index in [9.17, 15) is 14.4 Å². The van der Waals surface area contributed by atoms with Gasteiger partial charge in [-0.3, -0.25) is 23.7 Å². The number of fused-ring (bicyclic) bond motifs is 2. The van der Waals surface area contributed by atoms with Crippen LogP contribution in [0.25, 0.3) is 5.65 Å². The lowest BCUT2D eigenvalue weighted by Gasteiger charge is -2.14. The zero-order valence-corrected chi connectivity index (χ0v) is 12.5. The van der Waals surface area contributed by atoms with Gasteiger partial charge in [-0.1, -0.05) is 18.2 Å². The van der Waals surface area contributed by atoms with Crippen molar-refractivity contribution >= 4 is 29.2 Å². The normalized spacial score (nSPS) is 13.4. The third kappa shape index (κ3) is 2.14. The predicted octanol–water partition coefficient (Wildman–Crippen LogP) is 1.57. The van der Waals surface area contributed by atoms with Crippen molar-refractivity contribution in [3.8, 4) is 0 Å². The van der Waals surface area contributed by atoms with Crippen molar-refractivity contribution < 1.29 is 14.4 Å². The third-order valence-corrected chi connectivity index (χ3v) is 3.88. The van der Waals surface area contributed by atoms with Gasteiger partial charge < -0.3 is 5.32 Å². The summed E-state index contributed by atoms with van der Waals surface area (Å²) in [5.74, 6) is -0.838. The number of imide groups is 1. The lowest BCUT2D eigenvalue weighted by molar-refractivity contribution is -0.116. The molecule has 4 rings (SSSR count). The van der Waals surface area contributed by atoms with Gasteiger partial charge in [0.2, 0.25) is 5.91 Å². The molecule has 1 N–H and O–H groups in total. The van der Waals surface area contributed by atoms with Gasteiger partial charge in [-0.25, -0.2) is 4.98 Å². The third-order valence-electron chi connectivity index (χ3n) is 3.88. The summed E-state index contributed by atoms with van der Waals surface area (Å²) in [5.41, 5.74) is 1.34. The fourth-order valence-electron chi connectivity index (χ4n) is 2.76. The highest BCUT2D eigenvalue weighted by Crippen LogP contribution is 2.22. The summed E-state index contributed by atoms with van der Waals surface area (Å²) in [4.78, 5) is 41.9.